The van der Waals surface area contributed by atoms with E-state index in [1.54, 1.807) is 6.07 Å². The summed E-state index contributed by atoms with van der Waals surface area (Å²) in [5.41, 5.74) is 2.91. The number of carbonyl (C=O) groups is 2. The molecule has 28 heavy (non-hydrogen) atoms. The second kappa shape index (κ2) is 7.82. The number of phenolic OH excluding ortho intramolecular Hbond substituents is 1. The summed E-state index contributed by atoms with van der Waals surface area (Å²) in [7, 11) is 0. The van der Waals surface area contributed by atoms with Gasteiger partial charge in [0.1, 0.15) is 5.75 Å². The maximum atomic E-state index is 12.4. The Kier molecular flexibility index (Phi) is 5.08. The largest absolute Gasteiger partial charge is 0.507 e. The van der Waals surface area contributed by atoms with Gasteiger partial charge >= 0.3 is 0 Å². The third kappa shape index (κ3) is 3.62. The van der Waals surface area contributed by atoms with E-state index < -0.39 is 0 Å². The SMILES string of the molecule is O=Cc1c(O)ccc2cc(-c3ccc(C(=O)NC4CCCNC4)cc3)ccc12. The lowest BCUT2D eigenvalue weighted by Gasteiger charge is -2.23. The number of piperidine rings is 1. The molecule has 1 atom stereocenters. The van der Waals surface area contributed by atoms with Gasteiger partial charge in [-0.2, -0.15) is 0 Å². The zero-order valence-corrected chi connectivity index (χ0v) is 15.4. The highest BCUT2D eigenvalue weighted by atomic mass is 16.3. The van der Waals surface area contributed by atoms with Crippen molar-refractivity contribution in [2.24, 2.45) is 0 Å². The van der Waals surface area contributed by atoms with Crippen LogP contribution in [-0.4, -0.2) is 36.4 Å². The molecular formula is C23H22N2O3. The average Bonchev–Trinajstić information content (AvgIpc) is 2.74. The van der Waals surface area contributed by atoms with Crippen molar-refractivity contribution in [1.29, 1.82) is 0 Å². The molecule has 0 saturated carbocycles. The quantitative estimate of drug-likeness (QED) is 0.611. The predicted molar refractivity (Wildman–Crippen MR) is 110 cm³/mol. The molecule has 3 aromatic rings. The number of nitrogens with one attached hydrogen (secondary N) is 2. The van der Waals surface area contributed by atoms with Crippen LogP contribution in [0.15, 0.2) is 54.6 Å². The summed E-state index contributed by atoms with van der Waals surface area (Å²) >= 11 is 0. The Morgan fingerprint density at radius 1 is 1.07 bits per heavy atom. The molecule has 0 bridgehead atoms. The van der Waals surface area contributed by atoms with Crippen LogP contribution >= 0.6 is 0 Å². The van der Waals surface area contributed by atoms with E-state index >= 15 is 0 Å². The van der Waals surface area contributed by atoms with Gasteiger partial charge in [0, 0.05) is 18.2 Å². The Balaban J connectivity index is 1.55. The van der Waals surface area contributed by atoms with Crippen molar-refractivity contribution in [2.75, 3.05) is 13.1 Å². The van der Waals surface area contributed by atoms with Crippen LogP contribution in [0.25, 0.3) is 21.9 Å². The summed E-state index contributed by atoms with van der Waals surface area (Å²) in [6.07, 6.45) is 2.76. The third-order valence-electron chi connectivity index (χ3n) is 5.27. The van der Waals surface area contributed by atoms with Crippen LogP contribution in [0, 0.1) is 0 Å². The Hall–Kier alpha value is -3.18. The topological polar surface area (TPSA) is 78.4 Å². The molecule has 4 rings (SSSR count). The van der Waals surface area contributed by atoms with Crippen LogP contribution < -0.4 is 10.6 Å². The van der Waals surface area contributed by atoms with E-state index in [2.05, 4.69) is 10.6 Å². The molecule has 0 aromatic heterocycles. The Morgan fingerprint density at radius 3 is 2.57 bits per heavy atom. The zero-order chi connectivity index (χ0) is 19.5. The normalized spacial score (nSPS) is 16.6. The molecule has 1 amide bonds. The number of aromatic hydroxyl groups is 1. The minimum atomic E-state index is -0.0511. The van der Waals surface area contributed by atoms with E-state index in [4.69, 9.17) is 0 Å². The second-order valence-electron chi connectivity index (χ2n) is 7.15. The van der Waals surface area contributed by atoms with Gasteiger partial charge in [0.2, 0.25) is 0 Å². The van der Waals surface area contributed by atoms with E-state index in [-0.39, 0.29) is 17.7 Å². The van der Waals surface area contributed by atoms with E-state index in [1.807, 2.05) is 42.5 Å². The monoisotopic (exact) mass is 374 g/mol. The molecule has 3 N–H and O–H groups in total. The molecule has 1 aliphatic heterocycles. The number of benzene rings is 3. The minimum absolute atomic E-state index is 0.0150. The van der Waals surface area contributed by atoms with Gasteiger partial charge in [0.05, 0.1) is 5.56 Å². The summed E-state index contributed by atoms with van der Waals surface area (Å²) < 4.78 is 0. The number of fused-ring (bicyclic) bond motifs is 1. The fourth-order valence-corrected chi connectivity index (χ4v) is 3.70. The van der Waals surface area contributed by atoms with Crippen molar-refractivity contribution in [3.8, 4) is 16.9 Å². The lowest BCUT2D eigenvalue weighted by molar-refractivity contribution is 0.0930. The molecule has 1 heterocycles. The smallest absolute Gasteiger partial charge is 0.251 e. The molecule has 1 fully saturated rings. The van der Waals surface area contributed by atoms with E-state index in [0.717, 1.165) is 47.8 Å². The summed E-state index contributed by atoms with van der Waals surface area (Å²) in [6.45, 7) is 1.83. The summed E-state index contributed by atoms with van der Waals surface area (Å²) in [6, 6.07) is 16.8. The van der Waals surface area contributed by atoms with Gasteiger partial charge in [-0.1, -0.05) is 30.3 Å². The number of aldehydes is 1. The Morgan fingerprint density at radius 2 is 1.86 bits per heavy atom. The average molecular weight is 374 g/mol. The maximum absolute atomic E-state index is 12.4. The number of hydrogen-bond acceptors (Lipinski definition) is 4. The maximum Gasteiger partial charge on any atom is 0.251 e. The lowest BCUT2D eigenvalue weighted by Crippen LogP contribution is -2.45. The number of amides is 1. The van der Waals surface area contributed by atoms with Crippen LogP contribution in [0.3, 0.4) is 0 Å². The van der Waals surface area contributed by atoms with Crippen LogP contribution in [0.4, 0.5) is 0 Å². The molecule has 0 aliphatic carbocycles. The molecule has 1 saturated heterocycles. The first-order valence-corrected chi connectivity index (χ1v) is 9.48. The fraction of sp³-hybridized carbons (Fsp3) is 0.217. The van der Waals surface area contributed by atoms with Crippen LogP contribution in [0.5, 0.6) is 5.75 Å². The van der Waals surface area contributed by atoms with Crippen molar-refractivity contribution in [1.82, 2.24) is 10.6 Å². The van der Waals surface area contributed by atoms with Crippen molar-refractivity contribution in [3.05, 3.63) is 65.7 Å². The third-order valence-corrected chi connectivity index (χ3v) is 5.27. The van der Waals surface area contributed by atoms with Gasteiger partial charge in [-0.25, -0.2) is 0 Å². The first-order valence-electron chi connectivity index (χ1n) is 9.48. The van der Waals surface area contributed by atoms with Gasteiger partial charge in [0.25, 0.3) is 5.91 Å². The van der Waals surface area contributed by atoms with Crippen molar-refractivity contribution >= 4 is 23.0 Å². The van der Waals surface area contributed by atoms with E-state index in [1.165, 1.54) is 6.07 Å². The van der Waals surface area contributed by atoms with Crippen molar-refractivity contribution in [2.45, 2.75) is 18.9 Å². The van der Waals surface area contributed by atoms with Gasteiger partial charge in [0.15, 0.2) is 6.29 Å². The van der Waals surface area contributed by atoms with Gasteiger partial charge in [-0.05, 0) is 65.6 Å². The lowest BCUT2D eigenvalue weighted by atomic mass is 9.97. The molecule has 0 radical (unpaired) electrons. The summed E-state index contributed by atoms with van der Waals surface area (Å²) in [5, 5.41) is 17.8. The number of hydrogen-bond donors (Lipinski definition) is 3. The summed E-state index contributed by atoms with van der Waals surface area (Å²) in [4.78, 5) is 23.7. The molecule has 1 unspecified atom stereocenters. The Labute approximate surface area is 163 Å². The van der Waals surface area contributed by atoms with E-state index in [0.29, 0.717) is 17.4 Å². The first kappa shape index (κ1) is 18.2. The molecule has 3 aromatic carbocycles. The molecular weight excluding hydrogens is 352 g/mol. The fourth-order valence-electron chi connectivity index (χ4n) is 3.70. The highest BCUT2D eigenvalue weighted by molar-refractivity contribution is 6.02. The molecule has 5 nitrogen and oxygen atoms in total. The van der Waals surface area contributed by atoms with Gasteiger partial charge in [-0.15, -0.1) is 0 Å². The molecule has 0 spiro atoms. The predicted octanol–water partition coefficient (Wildman–Crippen LogP) is 3.51. The standard InChI is InChI=1S/C23H22N2O3/c26-14-21-20-9-7-17(12-18(20)8-10-22(21)27)15-3-5-16(6-4-15)23(28)25-19-2-1-11-24-13-19/h3-10,12,14,19,24,27H,1-2,11,13H2,(H,25,28). The number of phenols is 1. The zero-order valence-electron chi connectivity index (χ0n) is 15.4. The number of carbonyl (C=O) groups excluding carboxylic acids is 2. The van der Waals surface area contributed by atoms with Gasteiger partial charge in [-0.3, -0.25) is 9.59 Å². The highest BCUT2D eigenvalue weighted by Crippen LogP contribution is 2.30. The molecule has 1 aliphatic rings. The first-order chi connectivity index (χ1) is 13.7. The van der Waals surface area contributed by atoms with Crippen molar-refractivity contribution < 1.29 is 14.7 Å². The van der Waals surface area contributed by atoms with Crippen molar-refractivity contribution in [3.63, 3.8) is 0 Å². The van der Waals surface area contributed by atoms with Crippen LogP contribution in [0.2, 0.25) is 0 Å². The Bertz CT molecular complexity index is 1020. The van der Waals surface area contributed by atoms with Crippen LogP contribution in [-0.2, 0) is 0 Å². The highest BCUT2D eigenvalue weighted by Gasteiger charge is 2.16. The number of rotatable bonds is 4. The minimum Gasteiger partial charge on any atom is -0.507 e. The second-order valence-corrected chi connectivity index (χ2v) is 7.15. The molecule has 142 valence electrons. The summed E-state index contributed by atoms with van der Waals surface area (Å²) in [5.74, 6) is -0.0661. The van der Waals surface area contributed by atoms with E-state index in [9.17, 15) is 14.7 Å². The molecule has 5 heteroatoms. The van der Waals surface area contributed by atoms with Gasteiger partial charge < -0.3 is 15.7 Å². The van der Waals surface area contributed by atoms with Crippen LogP contribution in [0.1, 0.15) is 33.6 Å².